The lowest BCUT2D eigenvalue weighted by atomic mass is 10.1. The van der Waals surface area contributed by atoms with Crippen LogP contribution >= 0.6 is 0 Å². The number of amides is 1. The van der Waals surface area contributed by atoms with Crippen molar-refractivity contribution < 1.29 is 13.6 Å². The van der Waals surface area contributed by atoms with Gasteiger partial charge in [0.25, 0.3) is 0 Å². The number of aryl methyl sites for hydroxylation is 1. The van der Waals surface area contributed by atoms with Crippen LogP contribution in [0.5, 0.6) is 0 Å². The predicted octanol–water partition coefficient (Wildman–Crippen LogP) is 2.80. The highest BCUT2D eigenvalue weighted by molar-refractivity contribution is 5.76. The van der Waals surface area contributed by atoms with E-state index in [1.165, 1.54) is 6.07 Å². The Labute approximate surface area is 121 Å². The molecule has 0 radical (unpaired) electrons. The van der Waals surface area contributed by atoms with Gasteiger partial charge in [0.15, 0.2) is 0 Å². The first-order chi connectivity index (χ1) is 10.1. The first-order valence-corrected chi connectivity index (χ1v) is 6.60. The van der Waals surface area contributed by atoms with Crippen molar-refractivity contribution in [2.45, 2.75) is 19.4 Å². The fraction of sp³-hybridized carbons (Fsp3) is 0.188. The number of para-hydroxylation sites is 1. The number of nitrogens with one attached hydrogen (secondary N) is 1. The smallest absolute Gasteiger partial charge is 0.220 e. The standard InChI is InChI=1S/C16H16F2N2O/c17-13-7-5-12(14(18)9-13)10-20-16(21)8-6-11-3-1-2-4-15(11)19/h1-5,7,9H,6,8,10,19H2,(H,20,21). The summed E-state index contributed by atoms with van der Waals surface area (Å²) in [6.45, 7) is 0.0369. The van der Waals surface area contributed by atoms with E-state index in [2.05, 4.69) is 5.32 Å². The maximum absolute atomic E-state index is 13.4. The van der Waals surface area contributed by atoms with Crippen LogP contribution in [0, 0.1) is 11.6 Å². The molecular formula is C16H16F2N2O. The van der Waals surface area contributed by atoms with E-state index in [0.717, 1.165) is 17.7 Å². The van der Waals surface area contributed by atoms with Crippen LogP contribution in [0.15, 0.2) is 42.5 Å². The molecule has 0 bridgehead atoms. The van der Waals surface area contributed by atoms with Gasteiger partial charge in [0.1, 0.15) is 11.6 Å². The average Bonchev–Trinajstić information content (AvgIpc) is 2.45. The molecule has 5 heteroatoms. The summed E-state index contributed by atoms with van der Waals surface area (Å²) >= 11 is 0. The molecule has 2 aromatic carbocycles. The number of carbonyl (C=O) groups is 1. The third-order valence-corrected chi connectivity index (χ3v) is 3.17. The number of anilines is 1. The molecule has 0 aliphatic rings. The van der Waals surface area contributed by atoms with Crippen molar-refractivity contribution in [3.63, 3.8) is 0 Å². The van der Waals surface area contributed by atoms with E-state index in [-0.39, 0.29) is 24.4 Å². The molecule has 0 fully saturated rings. The van der Waals surface area contributed by atoms with Gasteiger partial charge in [-0.05, 0) is 24.1 Å². The summed E-state index contributed by atoms with van der Waals surface area (Å²) in [7, 11) is 0. The van der Waals surface area contributed by atoms with Crippen LogP contribution < -0.4 is 11.1 Å². The maximum Gasteiger partial charge on any atom is 0.220 e. The summed E-state index contributed by atoms with van der Waals surface area (Å²) in [4.78, 5) is 11.7. The molecule has 2 rings (SSSR count). The van der Waals surface area contributed by atoms with Gasteiger partial charge < -0.3 is 11.1 Å². The van der Waals surface area contributed by atoms with Crippen LogP contribution in [0.4, 0.5) is 14.5 Å². The predicted molar refractivity (Wildman–Crippen MR) is 77.4 cm³/mol. The van der Waals surface area contributed by atoms with Crippen LogP contribution in [0.1, 0.15) is 17.5 Å². The molecule has 3 N–H and O–H groups in total. The van der Waals surface area contributed by atoms with Crippen molar-refractivity contribution in [3.05, 3.63) is 65.2 Å². The molecule has 1 amide bonds. The lowest BCUT2D eigenvalue weighted by Gasteiger charge is -2.08. The zero-order chi connectivity index (χ0) is 15.2. The Bertz CT molecular complexity index is 644. The monoisotopic (exact) mass is 290 g/mol. The molecule has 0 aromatic heterocycles. The Morgan fingerprint density at radius 3 is 2.57 bits per heavy atom. The summed E-state index contributed by atoms with van der Waals surface area (Å²) in [5, 5.41) is 2.61. The molecule has 0 aliphatic carbocycles. The maximum atomic E-state index is 13.4. The molecule has 2 aromatic rings. The third-order valence-electron chi connectivity index (χ3n) is 3.17. The minimum absolute atomic E-state index is 0.0369. The van der Waals surface area contributed by atoms with E-state index in [1.807, 2.05) is 18.2 Å². The highest BCUT2D eigenvalue weighted by atomic mass is 19.1. The second kappa shape index (κ2) is 6.83. The Balaban J connectivity index is 1.84. The molecular weight excluding hydrogens is 274 g/mol. The summed E-state index contributed by atoms with van der Waals surface area (Å²) in [6, 6.07) is 10.6. The Morgan fingerprint density at radius 2 is 1.86 bits per heavy atom. The molecule has 0 spiro atoms. The Kier molecular flexibility index (Phi) is 4.87. The number of nitrogens with two attached hydrogens (primary N) is 1. The minimum atomic E-state index is -0.664. The number of hydrogen-bond acceptors (Lipinski definition) is 2. The summed E-state index contributed by atoms with van der Waals surface area (Å²) in [6.07, 6.45) is 0.779. The van der Waals surface area contributed by atoms with Gasteiger partial charge in [-0.3, -0.25) is 4.79 Å². The quantitative estimate of drug-likeness (QED) is 0.832. The van der Waals surface area contributed by atoms with Gasteiger partial charge in [-0.1, -0.05) is 24.3 Å². The van der Waals surface area contributed by atoms with Gasteiger partial charge in [0.2, 0.25) is 5.91 Å². The largest absolute Gasteiger partial charge is 0.399 e. The second-order valence-corrected chi connectivity index (χ2v) is 4.71. The van der Waals surface area contributed by atoms with E-state index in [1.54, 1.807) is 6.07 Å². The molecule has 0 heterocycles. The Hall–Kier alpha value is -2.43. The van der Waals surface area contributed by atoms with Crippen LogP contribution in [0.2, 0.25) is 0 Å². The van der Waals surface area contributed by atoms with Gasteiger partial charge in [0, 0.05) is 30.3 Å². The average molecular weight is 290 g/mol. The highest BCUT2D eigenvalue weighted by Crippen LogP contribution is 2.13. The first-order valence-electron chi connectivity index (χ1n) is 6.60. The zero-order valence-corrected chi connectivity index (χ0v) is 11.4. The molecule has 3 nitrogen and oxygen atoms in total. The fourth-order valence-electron chi connectivity index (χ4n) is 1.96. The highest BCUT2D eigenvalue weighted by Gasteiger charge is 2.07. The minimum Gasteiger partial charge on any atom is -0.399 e. The van der Waals surface area contributed by atoms with Crippen molar-refractivity contribution in [1.82, 2.24) is 5.32 Å². The van der Waals surface area contributed by atoms with Crippen LogP contribution in [-0.4, -0.2) is 5.91 Å². The summed E-state index contributed by atoms with van der Waals surface area (Å²) in [5.41, 5.74) is 7.59. The molecule has 0 saturated carbocycles. The summed E-state index contributed by atoms with van der Waals surface area (Å²) < 4.78 is 26.2. The normalized spacial score (nSPS) is 10.4. The van der Waals surface area contributed by atoms with E-state index >= 15 is 0 Å². The molecule has 0 unspecified atom stereocenters. The number of rotatable bonds is 5. The molecule has 21 heavy (non-hydrogen) atoms. The van der Waals surface area contributed by atoms with Crippen molar-refractivity contribution >= 4 is 11.6 Å². The van der Waals surface area contributed by atoms with Gasteiger partial charge in [0.05, 0.1) is 0 Å². The molecule has 0 saturated heterocycles. The number of benzene rings is 2. The second-order valence-electron chi connectivity index (χ2n) is 4.71. The third kappa shape index (κ3) is 4.27. The molecule has 0 atom stereocenters. The van der Waals surface area contributed by atoms with Gasteiger partial charge >= 0.3 is 0 Å². The number of nitrogen functional groups attached to an aromatic ring is 1. The lowest BCUT2D eigenvalue weighted by Crippen LogP contribution is -2.23. The SMILES string of the molecule is Nc1ccccc1CCC(=O)NCc1ccc(F)cc1F. The zero-order valence-electron chi connectivity index (χ0n) is 11.4. The van der Waals surface area contributed by atoms with E-state index in [9.17, 15) is 13.6 Å². The van der Waals surface area contributed by atoms with E-state index < -0.39 is 11.6 Å². The first kappa shape index (κ1) is 15.0. The van der Waals surface area contributed by atoms with E-state index in [0.29, 0.717) is 12.1 Å². The van der Waals surface area contributed by atoms with Crippen molar-refractivity contribution in [3.8, 4) is 0 Å². The van der Waals surface area contributed by atoms with Gasteiger partial charge in [-0.15, -0.1) is 0 Å². The number of hydrogen-bond donors (Lipinski definition) is 2. The Morgan fingerprint density at radius 1 is 1.10 bits per heavy atom. The van der Waals surface area contributed by atoms with Crippen LogP contribution in [-0.2, 0) is 17.8 Å². The summed E-state index contributed by atoms with van der Waals surface area (Å²) in [5.74, 6) is -1.51. The van der Waals surface area contributed by atoms with Gasteiger partial charge in [-0.2, -0.15) is 0 Å². The molecule has 0 aliphatic heterocycles. The lowest BCUT2D eigenvalue weighted by molar-refractivity contribution is -0.121. The number of carbonyl (C=O) groups excluding carboxylic acids is 1. The molecule has 110 valence electrons. The van der Waals surface area contributed by atoms with Crippen LogP contribution in [0.25, 0.3) is 0 Å². The van der Waals surface area contributed by atoms with Crippen molar-refractivity contribution in [2.75, 3.05) is 5.73 Å². The number of halogens is 2. The van der Waals surface area contributed by atoms with Crippen LogP contribution in [0.3, 0.4) is 0 Å². The van der Waals surface area contributed by atoms with E-state index in [4.69, 9.17) is 5.73 Å². The fourth-order valence-corrected chi connectivity index (χ4v) is 1.96. The van der Waals surface area contributed by atoms with Gasteiger partial charge in [-0.25, -0.2) is 8.78 Å². The topological polar surface area (TPSA) is 55.1 Å². The van der Waals surface area contributed by atoms with Crippen molar-refractivity contribution in [1.29, 1.82) is 0 Å². The van der Waals surface area contributed by atoms with Crippen molar-refractivity contribution in [2.24, 2.45) is 0 Å².